The fourth-order valence-electron chi connectivity index (χ4n) is 3.99. The zero-order valence-corrected chi connectivity index (χ0v) is 16.4. The highest BCUT2D eigenvalue weighted by Crippen LogP contribution is 2.30. The van der Waals surface area contributed by atoms with Gasteiger partial charge in [-0.3, -0.25) is 4.79 Å². The quantitative estimate of drug-likeness (QED) is 0.534. The number of hydrogen-bond donors (Lipinski definition) is 1. The molecule has 1 aliphatic heterocycles. The summed E-state index contributed by atoms with van der Waals surface area (Å²) in [5, 5.41) is 15.5. The second-order valence-electron chi connectivity index (χ2n) is 7.41. The molecule has 1 N–H and O–H groups in total. The first-order chi connectivity index (χ1) is 14.8. The number of halogens is 3. The van der Waals surface area contributed by atoms with Crippen molar-refractivity contribution in [2.45, 2.75) is 19.1 Å². The Hall–Kier alpha value is -3.53. The Kier molecular flexibility index (Phi) is 4.40. The van der Waals surface area contributed by atoms with Crippen LogP contribution in [-0.4, -0.2) is 31.1 Å². The number of rotatable bonds is 2. The van der Waals surface area contributed by atoms with Crippen LogP contribution < -0.4 is 10.9 Å². The van der Waals surface area contributed by atoms with Gasteiger partial charge in [0, 0.05) is 36.3 Å². The van der Waals surface area contributed by atoms with Crippen molar-refractivity contribution in [3.8, 4) is 16.9 Å². The van der Waals surface area contributed by atoms with Crippen LogP contribution in [0.5, 0.6) is 0 Å². The molecule has 0 unspecified atom stereocenters. The fourth-order valence-corrected chi connectivity index (χ4v) is 3.99. The van der Waals surface area contributed by atoms with E-state index >= 15 is 0 Å². The highest BCUT2D eigenvalue weighted by Gasteiger charge is 2.33. The summed E-state index contributed by atoms with van der Waals surface area (Å²) in [7, 11) is 2.00. The van der Waals surface area contributed by atoms with Crippen molar-refractivity contribution in [3.05, 3.63) is 69.9 Å². The average molecular weight is 426 g/mol. The van der Waals surface area contributed by atoms with Crippen LogP contribution in [0.4, 0.5) is 13.2 Å². The molecule has 0 fully saturated rings. The molecular formula is C21H17F3N6O. The zero-order chi connectivity index (χ0) is 21.8. The molecule has 0 atom stereocenters. The largest absolute Gasteiger partial charge is 0.435 e. The normalized spacial score (nSPS) is 14.1. The monoisotopic (exact) mass is 426 g/mol. The van der Waals surface area contributed by atoms with Gasteiger partial charge in [0.15, 0.2) is 5.69 Å². The van der Waals surface area contributed by atoms with Crippen LogP contribution in [0.2, 0.25) is 0 Å². The van der Waals surface area contributed by atoms with Crippen molar-refractivity contribution in [2.24, 2.45) is 7.05 Å². The van der Waals surface area contributed by atoms with Gasteiger partial charge < -0.3 is 9.88 Å². The minimum atomic E-state index is -4.57. The molecule has 4 aromatic rings. The van der Waals surface area contributed by atoms with E-state index in [1.807, 2.05) is 25.2 Å². The lowest BCUT2D eigenvalue weighted by molar-refractivity contribution is -0.141. The van der Waals surface area contributed by atoms with Gasteiger partial charge in [-0.1, -0.05) is 6.07 Å². The zero-order valence-electron chi connectivity index (χ0n) is 16.4. The topological polar surface area (TPSA) is 77.6 Å². The first-order valence-corrected chi connectivity index (χ1v) is 9.65. The molecule has 31 heavy (non-hydrogen) atoms. The van der Waals surface area contributed by atoms with E-state index in [-0.39, 0.29) is 5.69 Å². The lowest BCUT2D eigenvalue weighted by Gasteiger charge is -2.14. The molecule has 5 rings (SSSR count). The second kappa shape index (κ2) is 7.02. The van der Waals surface area contributed by atoms with Crippen LogP contribution in [0.25, 0.3) is 27.8 Å². The summed E-state index contributed by atoms with van der Waals surface area (Å²) in [6, 6.07) is 9.04. The average Bonchev–Trinajstić information content (AvgIpc) is 3.05. The van der Waals surface area contributed by atoms with Gasteiger partial charge in [0.05, 0.1) is 23.1 Å². The van der Waals surface area contributed by atoms with Gasteiger partial charge in [-0.15, -0.1) is 10.2 Å². The van der Waals surface area contributed by atoms with Gasteiger partial charge in [-0.2, -0.15) is 23.0 Å². The number of benzene rings is 1. The molecule has 0 bridgehead atoms. The number of hydrogen-bond acceptors (Lipinski definition) is 5. The van der Waals surface area contributed by atoms with Gasteiger partial charge in [0.1, 0.15) is 0 Å². The van der Waals surface area contributed by atoms with E-state index in [2.05, 4.69) is 25.2 Å². The van der Waals surface area contributed by atoms with Gasteiger partial charge >= 0.3 is 6.18 Å². The Morgan fingerprint density at radius 3 is 2.65 bits per heavy atom. The van der Waals surface area contributed by atoms with Crippen molar-refractivity contribution >= 4 is 10.9 Å². The van der Waals surface area contributed by atoms with Crippen LogP contribution in [0.15, 0.2) is 47.4 Å². The van der Waals surface area contributed by atoms with E-state index in [1.165, 1.54) is 34.3 Å². The third kappa shape index (κ3) is 3.28. The Balaban J connectivity index is 1.52. The summed E-state index contributed by atoms with van der Waals surface area (Å²) in [6.45, 7) is 1.74. The molecule has 3 aromatic heterocycles. The molecule has 158 valence electrons. The van der Waals surface area contributed by atoms with Crippen LogP contribution in [0.3, 0.4) is 0 Å². The minimum Gasteiger partial charge on any atom is -0.346 e. The highest BCUT2D eigenvalue weighted by atomic mass is 19.4. The summed E-state index contributed by atoms with van der Waals surface area (Å²) < 4.78 is 41.4. The van der Waals surface area contributed by atoms with Gasteiger partial charge in [0.25, 0.3) is 5.56 Å². The molecule has 0 saturated carbocycles. The molecule has 4 heterocycles. The molecule has 0 spiro atoms. The SMILES string of the molecule is Cn1c2c(c3ccc(-n4ncc(-c5ccc(C(F)(F)F)nn5)cc4=O)cc31)CCNC2. The minimum absolute atomic E-state index is 0.141. The van der Waals surface area contributed by atoms with Gasteiger partial charge in [0.2, 0.25) is 0 Å². The van der Waals surface area contributed by atoms with E-state index < -0.39 is 17.4 Å². The van der Waals surface area contributed by atoms with Gasteiger partial charge in [-0.05, 0) is 42.8 Å². The summed E-state index contributed by atoms with van der Waals surface area (Å²) in [5.41, 5.74) is 3.09. The van der Waals surface area contributed by atoms with E-state index in [0.29, 0.717) is 11.3 Å². The van der Waals surface area contributed by atoms with Crippen LogP contribution in [0, 0.1) is 0 Å². The molecule has 7 nitrogen and oxygen atoms in total. The number of nitrogens with zero attached hydrogens (tertiary/aromatic N) is 5. The van der Waals surface area contributed by atoms with E-state index in [9.17, 15) is 18.0 Å². The maximum atomic E-state index is 12.7. The Morgan fingerprint density at radius 1 is 1.10 bits per heavy atom. The Bertz CT molecular complexity index is 1350. The summed E-state index contributed by atoms with van der Waals surface area (Å²) >= 11 is 0. The third-order valence-corrected chi connectivity index (χ3v) is 5.56. The van der Waals surface area contributed by atoms with Crippen molar-refractivity contribution < 1.29 is 13.2 Å². The first kappa shape index (κ1) is 19.4. The lowest BCUT2D eigenvalue weighted by Crippen LogP contribution is -2.24. The molecule has 0 aliphatic carbocycles. The Morgan fingerprint density at radius 2 is 1.94 bits per heavy atom. The van der Waals surface area contributed by atoms with Crippen LogP contribution in [-0.2, 0) is 26.2 Å². The molecule has 0 radical (unpaired) electrons. The summed E-state index contributed by atoms with van der Waals surface area (Å²) in [5.74, 6) is 0. The maximum absolute atomic E-state index is 12.7. The summed E-state index contributed by atoms with van der Waals surface area (Å²) in [4.78, 5) is 12.7. The number of fused-ring (bicyclic) bond motifs is 3. The number of nitrogens with one attached hydrogen (secondary N) is 1. The Labute approximate surface area is 174 Å². The molecule has 1 aromatic carbocycles. The number of alkyl halides is 3. The molecule has 0 saturated heterocycles. The maximum Gasteiger partial charge on any atom is 0.435 e. The molecule has 10 heteroatoms. The van der Waals surface area contributed by atoms with Crippen molar-refractivity contribution in [3.63, 3.8) is 0 Å². The predicted octanol–water partition coefficient (Wildman–Crippen LogP) is 2.85. The number of aryl methyl sites for hydroxylation is 1. The van der Waals surface area contributed by atoms with Crippen molar-refractivity contribution in [1.82, 2.24) is 29.9 Å². The molecule has 1 aliphatic rings. The predicted molar refractivity (Wildman–Crippen MR) is 108 cm³/mol. The number of aromatic nitrogens is 5. The fraction of sp³-hybridized carbons (Fsp3) is 0.238. The van der Waals surface area contributed by atoms with Crippen molar-refractivity contribution in [1.29, 1.82) is 0 Å². The van der Waals surface area contributed by atoms with E-state index in [4.69, 9.17) is 0 Å². The standard InChI is InChI=1S/C21H17F3N6O/c1-29-17-9-13(2-3-14(17)15-6-7-25-11-18(15)29)30-20(31)8-12(10-26-30)16-4-5-19(28-27-16)21(22,23)24/h2-5,8-10,25H,6-7,11H2,1H3. The highest BCUT2D eigenvalue weighted by molar-refractivity contribution is 5.87. The smallest absolute Gasteiger partial charge is 0.346 e. The molecular weight excluding hydrogens is 409 g/mol. The third-order valence-electron chi connectivity index (χ3n) is 5.56. The second-order valence-corrected chi connectivity index (χ2v) is 7.41. The van der Waals surface area contributed by atoms with Crippen LogP contribution in [0.1, 0.15) is 17.0 Å². The lowest BCUT2D eigenvalue weighted by atomic mass is 10.0. The first-order valence-electron chi connectivity index (χ1n) is 9.65. The molecule has 0 amide bonds. The van der Waals surface area contributed by atoms with Crippen LogP contribution >= 0.6 is 0 Å². The van der Waals surface area contributed by atoms with Crippen molar-refractivity contribution in [2.75, 3.05) is 6.54 Å². The summed E-state index contributed by atoms with van der Waals surface area (Å²) in [6.07, 6.45) is -2.23. The van der Waals surface area contributed by atoms with E-state index in [0.717, 1.165) is 36.5 Å². The van der Waals surface area contributed by atoms with E-state index in [1.54, 1.807) is 0 Å². The van der Waals surface area contributed by atoms with Gasteiger partial charge in [-0.25, -0.2) is 0 Å².